The van der Waals surface area contributed by atoms with Crippen LogP contribution < -0.4 is 20.7 Å². The molecule has 0 saturated carbocycles. The predicted molar refractivity (Wildman–Crippen MR) is 115 cm³/mol. The van der Waals surface area contributed by atoms with Gasteiger partial charge in [-0.05, 0) is 43.7 Å². The molecule has 3 amide bonds. The van der Waals surface area contributed by atoms with Crippen molar-refractivity contribution in [2.45, 2.75) is 26.3 Å². The van der Waals surface area contributed by atoms with E-state index in [2.05, 4.69) is 16.0 Å². The zero-order chi connectivity index (χ0) is 22.2. The van der Waals surface area contributed by atoms with E-state index >= 15 is 0 Å². The minimum absolute atomic E-state index is 0.0801. The molecule has 8 heteroatoms. The minimum Gasteiger partial charge on any atom is -0.490 e. The number of fused-ring (bicyclic) bond motifs is 1. The summed E-state index contributed by atoms with van der Waals surface area (Å²) in [6, 6.07) is 12.7. The van der Waals surface area contributed by atoms with Crippen molar-refractivity contribution < 1.29 is 23.1 Å². The second kappa shape index (κ2) is 10.5. The fourth-order valence-electron chi connectivity index (χ4n) is 3.13. The maximum atomic E-state index is 13.2. The van der Waals surface area contributed by atoms with Gasteiger partial charge in [-0.15, -0.1) is 0 Å². The maximum Gasteiger partial charge on any atom is 0.315 e. The van der Waals surface area contributed by atoms with Crippen LogP contribution in [0.25, 0.3) is 11.0 Å². The lowest BCUT2D eigenvalue weighted by Gasteiger charge is -2.13. The minimum atomic E-state index is -0.378. The highest BCUT2D eigenvalue weighted by Gasteiger charge is 2.16. The van der Waals surface area contributed by atoms with Gasteiger partial charge in [0.15, 0.2) is 11.3 Å². The highest BCUT2D eigenvalue weighted by Crippen LogP contribution is 2.31. The van der Waals surface area contributed by atoms with Crippen molar-refractivity contribution in [3.8, 4) is 5.75 Å². The van der Waals surface area contributed by atoms with E-state index in [0.29, 0.717) is 29.3 Å². The van der Waals surface area contributed by atoms with Crippen LogP contribution in [-0.4, -0.2) is 31.6 Å². The van der Waals surface area contributed by atoms with Crippen LogP contribution in [0.4, 0.5) is 9.18 Å². The van der Waals surface area contributed by atoms with Gasteiger partial charge in [-0.2, -0.15) is 0 Å². The average Bonchev–Trinajstić information content (AvgIpc) is 3.17. The number of ether oxygens (including phenoxy) is 1. The number of furan rings is 1. The van der Waals surface area contributed by atoms with Crippen molar-refractivity contribution in [3.63, 3.8) is 0 Å². The van der Waals surface area contributed by atoms with E-state index in [0.717, 1.165) is 5.39 Å². The standard InChI is InChI=1S/C23H26FN3O4/c1-3-30-19-9-5-7-17-14-20(31-22(17)19)15(2)27-23(29)26-11-10-25-21(28)13-16-6-4-8-18(24)12-16/h4-9,12,14-15H,3,10-11,13H2,1-2H3,(H,25,28)(H2,26,27,29). The number of halogens is 1. The predicted octanol–water partition coefficient (Wildman–Crippen LogP) is 3.69. The fraction of sp³-hybridized carbons (Fsp3) is 0.304. The summed E-state index contributed by atoms with van der Waals surface area (Å²) in [7, 11) is 0. The summed E-state index contributed by atoms with van der Waals surface area (Å²) < 4.78 is 24.6. The molecule has 0 aliphatic heterocycles. The molecule has 0 radical (unpaired) electrons. The first-order valence-electron chi connectivity index (χ1n) is 10.2. The highest BCUT2D eigenvalue weighted by atomic mass is 19.1. The van der Waals surface area contributed by atoms with Crippen molar-refractivity contribution in [1.82, 2.24) is 16.0 Å². The normalized spacial score (nSPS) is 11.7. The van der Waals surface area contributed by atoms with Crippen molar-refractivity contribution in [2.24, 2.45) is 0 Å². The highest BCUT2D eigenvalue weighted by molar-refractivity contribution is 5.84. The van der Waals surface area contributed by atoms with E-state index in [1.165, 1.54) is 12.1 Å². The molecule has 1 unspecified atom stereocenters. The Labute approximate surface area is 180 Å². The molecule has 0 fully saturated rings. The van der Waals surface area contributed by atoms with Crippen LogP contribution in [-0.2, 0) is 11.2 Å². The van der Waals surface area contributed by atoms with E-state index in [4.69, 9.17) is 9.15 Å². The molecule has 1 aromatic heterocycles. The molecular weight excluding hydrogens is 401 g/mol. The van der Waals surface area contributed by atoms with Gasteiger partial charge in [-0.25, -0.2) is 9.18 Å². The van der Waals surface area contributed by atoms with Gasteiger partial charge < -0.3 is 25.1 Å². The lowest BCUT2D eigenvalue weighted by molar-refractivity contribution is -0.120. The second-order valence-corrected chi connectivity index (χ2v) is 7.03. The van der Waals surface area contributed by atoms with Crippen molar-refractivity contribution in [1.29, 1.82) is 0 Å². The fourth-order valence-corrected chi connectivity index (χ4v) is 3.13. The van der Waals surface area contributed by atoms with Crippen LogP contribution >= 0.6 is 0 Å². The lowest BCUT2D eigenvalue weighted by atomic mass is 10.1. The number of carbonyl (C=O) groups is 2. The summed E-state index contributed by atoms with van der Waals surface area (Å²) in [5.74, 6) is 0.655. The van der Waals surface area contributed by atoms with E-state index in [1.54, 1.807) is 12.1 Å². The Balaban J connectivity index is 1.42. The third kappa shape index (κ3) is 6.21. The van der Waals surface area contributed by atoms with Crippen LogP contribution in [0.5, 0.6) is 5.75 Å². The number of para-hydroxylation sites is 1. The Morgan fingerprint density at radius 1 is 1.10 bits per heavy atom. The van der Waals surface area contributed by atoms with Crippen molar-refractivity contribution in [2.75, 3.05) is 19.7 Å². The second-order valence-electron chi connectivity index (χ2n) is 7.03. The summed E-state index contributed by atoms with van der Waals surface area (Å²) >= 11 is 0. The number of carbonyl (C=O) groups excluding carboxylic acids is 2. The van der Waals surface area contributed by atoms with Crippen molar-refractivity contribution in [3.05, 3.63) is 65.7 Å². The molecule has 31 heavy (non-hydrogen) atoms. The first-order valence-corrected chi connectivity index (χ1v) is 10.2. The smallest absolute Gasteiger partial charge is 0.315 e. The van der Waals surface area contributed by atoms with Crippen LogP contribution in [0.1, 0.15) is 31.2 Å². The monoisotopic (exact) mass is 427 g/mol. The van der Waals surface area contributed by atoms with Gasteiger partial charge in [0.25, 0.3) is 0 Å². The lowest BCUT2D eigenvalue weighted by Crippen LogP contribution is -2.41. The summed E-state index contributed by atoms with van der Waals surface area (Å²) in [5.41, 5.74) is 1.24. The Bertz CT molecular complexity index is 1050. The SMILES string of the molecule is CCOc1cccc2cc(C(C)NC(=O)NCCNC(=O)Cc3cccc(F)c3)oc12. The topological polar surface area (TPSA) is 92.6 Å². The molecule has 3 rings (SSSR count). The molecule has 2 aromatic carbocycles. The molecule has 0 spiro atoms. The molecule has 0 aliphatic carbocycles. The van der Waals surface area contributed by atoms with Gasteiger partial charge in [0.1, 0.15) is 11.6 Å². The van der Waals surface area contributed by atoms with Gasteiger partial charge in [0.2, 0.25) is 5.91 Å². The quantitative estimate of drug-likeness (QED) is 0.454. The molecular formula is C23H26FN3O4. The first-order chi connectivity index (χ1) is 15.0. The number of amides is 3. The van der Waals surface area contributed by atoms with E-state index in [9.17, 15) is 14.0 Å². The van der Waals surface area contributed by atoms with Crippen LogP contribution in [0, 0.1) is 5.82 Å². The number of rotatable bonds is 9. The van der Waals surface area contributed by atoms with E-state index in [-0.39, 0.29) is 43.3 Å². The molecule has 3 aromatic rings. The third-order valence-electron chi connectivity index (χ3n) is 4.59. The molecule has 7 nitrogen and oxygen atoms in total. The Morgan fingerprint density at radius 2 is 1.87 bits per heavy atom. The number of urea groups is 1. The van der Waals surface area contributed by atoms with Crippen molar-refractivity contribution >= 4 is 22.9 Å². The van der Waals surface area contributed by atoms with Crippen LogP contribution in [0.2, 0.25) is 0 Å². The molecule has 0 saturated heterocycles. The molecule has 0 aliphatic rings. The zero-order valence-corrected chi connectivity index (χ0v) is 17.5. The number of hydrogen-bond acceptors (Lipinski definition) is 4. The first kappa shape index (κ1) is 22.1. The Kier molecular flexibility index (Phi) is 7.48. The molecule has 0 bridgehead atoms. The zero-order valence-electron chi connectivity index (χ0n) is 17.5. The van der Waals surface area contributed by atoms with Gasteiger partial charge in [-0.3, -0.25) is 4.79 Å². The summed E-state index contributed by atoms with van der Waals surface area (Å²) in [5, 5.41) is 9.08. The largest absolute Gasteiger partial charge is 0.490 e. The summed E-state index contributed by atoms with van der Waals surface area (Å²) in [6.45, 7) is 4.77. The van der Waals surface area contributed by atoms with E-state index < -0.39 is 0 Å². The maximum absolute atomic E-state index is 13.2. The van der Waals surface area contributed by atoms with Gasteiger partial charge in [-0.1, -0.05) is 24.3 Å². The summed E-state index contributed by atoms with van der Waals surface area (Å²) in [6.07, 6.45) is 0.0801. The molecule has 164 valence electrons. The third-order valence-corrected chi connectivity index (χ3v) is 4.59. The molecule has 1 atom stereocenters. The Hall–Kier alpha value is -3.55. The number of benzene rings is 2. The number of hydrogen-bond donors (Lipinski definition) is 3. The molecule has 3 N–H and O–H groups in total. The molecule has 1 heterocycles. The van der Waals surface area contributed by atoms with Gasteiger partial charge >= 0.3 is 6.03 Å². The van der Waals surface area contributed by atoms with Crippen LogP contribution in [0.15, 0.2) is 52.9 Å². The average molecular weight is 427 g/mol. The van der Waals surface area contributed by atoms with Gasteiger partial charge in [0.05, 0.1) is 19.1 Å². The number of nitrogens with one attached hydrogen (secondary N) is 3. The van der Waals surface area contributed by atoms with Crippen LogP contribution in [0.3, 0.4) is 0 Å². The Morgan fingerprint density at radius 3 is 2.65 bits per heavy atom. The summed E-state index contributed by atoms with van der Waals surface area (Å²) in [4.78, 5) is 24.0. The van der Waals surface area contributed by atoms with Gasteiger partial charge in [0, 0.05) is 18.5 Å². The van der Waals surface area contributed by atoms with E-state index in [1.807, 2.05) is 38.1 Å².